The van der Waals surface area contributed by atoms with Crippen LogP contribution in [0.3, 0.4) is 0 Å². The van der Waals surface area contributed by atoms with E-state index in [1.54, 1.807) is 0 Å². The van der Waals surface area contributed by atoms with E-state index in [0.29, 0.717) is 6.54 Å². The van der Waals surface area contributed by atoms with Gasteiger partial charge in [-0.05, 0) is 17.7 Å². The van der Waals surface area contributed by atoms with Crippen LogP contribution in [0.25, 0.3) is 0 Å². The first-order valence-electron chi connectivity index (χ1n) is 6.19. The molecule has 4 heteroatoms. The van der Waals surface area contributed by atoms with E-state index in [0.717, 1.165) is 6.54 Å². The summed E-state index contributed by atoms with van der Waals surface area (Å²) in [6, 6.07) is 8.37. The van der Waals surface area contributed by atoms with E-state index < -0.39 is 0 Å². The molecule has 0 bridgehead atoms. The van der Waals surface area contributed by atoms with Crippen molar-refractivity contribution in [3.63, 3.8) is 0 Å². The summed E-state index contributed by atoms with van der Waals surface area (Å²) in [6.07, 6.45) is 0. The zero-order chi connectivity index (χ0) is 13.1. The van der Waals surface area contributed by atoms with Crippen molar-refractivity contribution in [2.24, 2.45) is 5.92 Å². The molecule has 0 saturated carbocycles. The molecule has 1 aromatic rings. The molecular weight excluding hydrogens is 228 g/mol. The zero-order valence-corrected chi connectivity index (χ0v) is 11.1. The fraction of sp³-hybridized carbons (Fsp3) is 0.500. The summed E-state index contributed by atoms with van der Waals surface area (Å²) in [4.78, 5) is 13.8. The summed E-state index contributed by atoms with van der Waals surface area (Å²) in [6.45, 7) is 1.54. The van der Waals surface area contributed by atoms with Gasteiger partial charge < -0.3 is 15.0 Å². The van der Waals surface area contributed by atoms with Crippen LogP contribution in [0.5, 0.6) is 0 Å². The number of nitrogens with one attached hydrogen (secondary N) is 1. The second-order valence-electron chi connectivity index (χ2n) is 4.88. The van der Waals surface area contributed by atoms with Gasteiger partial charge >= 0.3 is 5.97 Å². The molecule has 0 unspecified atom stereocenters. The normalized spacial score (nSPS) is 22.8. The zero-order valence-electron chi connectivity index (χ0n) is 11.1. The van der Waals surface area contributed by atoms with Crippen LogP contribution in [0.2, 0.25) is 0 Å². The van der Waals surface area contributed by atoms with E-state index in [9.17, 15) is 4.79 Å². The molecule has 1 N–H and O–H groups in total. The summed E-state index contributed by atoms with van der Waals surface area (Å²) >= 11 is 0. The van der Waals surface area contributed by atoms with Crippen molar-refractivity contribution in [1.29, 1.82) is 0 Å². The molecule has 98 valence electrons. The molecule has 1 fully saturated rings. The monoisotopic (exact) mass is 248 g/mol. The maximum Gasteiger partial charge on any atom is 0.310 e. The molecule has 1 heterocycles. The Morgan fingerprint density at radius 2 is 1.94 bits per heavy atom. The fourth-order valence-electron chi connectivity index (χ4n) is 2.45. The number of rotatable bonds is 3. The van der Waals surface area contributed by atoms with Gasteiger partial charge in [-0.2, -0.15) is 0 Å². The van der Waals surface area contributed by atoms with E-state index in [1.165, 1.54) is 18.4 Å². The number of benzene rings is 1. The van der Waals surface area contributed by atoms with Gasteiger partial charge in [0.15, 0.2) is 0 Å². The Labute approximate surface area is 108 Å². The van der Waals surface area contributed by atoms with Crippen LogP contribution < -0.4 is 10.2 Å². The van der Waals surface area contributed by atoms with Crippen molar-refractivity contribution in [1.82, 2.24) is 5.32 Å². The molecule has 0 aromatic heterocycles. The summed E-state index contributed by atoms with van der Waals surface area (Å²) in [5, 5.41) is 3.26. The lowest BCUT2D eigenvalue weighted by molar-refractivity contribution is -0.145. The average molecular weight is 248 g/mol. The van der Waals surface area contributed by atoms with Gasteiger partial charge in [0.05, 0.1) is 13.0 Å². The SMILES string of the molecule is COC(=O)[C@@H]1CNC[C@@H]1c1ccc(N(C)C)cc1. The molecule has 0 amide bonds. The maximum atomic E-state index is 11.7. The predicted molar refractivity (Wildman–Crippen MR) is 71.9 cm³/mol. The first kappa shape index (κ1) is 12.9. The highest BCUT2D eigenvalue weighted by Gasteiger charge is 2.34. The highest BCUT2D eigenvalue weighted by atomic mass is 16.5. The van der Waals surface area contributed by atoms with E-state index in [4.69, 9.17) is 4.74 Å². The number of hydrogen-bond donors (Lipinski definition) is 1. The molecular formula is C14H20N2O2. The lowest BCUT2D eigenvalue weighted by Crippen LogP contribution is -2.23. The second-order valence-corrected chi connectivity index (χ2v) is 4.88. The van der Waals surface area contributed by atoms with Crippen molar-refractivity contribution < 1.29 is 9.53 Å². The van der Waals surface area contributed by atoms with Crippen LogP contribution in [0.1, 0.15) is 11.5 Å². The van der Waals surface area contributed by atoms with Crippen LogP contribution in [-0.4, -0.2) is 40.3 Å². The third kappa shape index (κ3) is 2.48. The summed E-state index contributed by atoms with van der Waals surface area (Å²) in [7, 11) is 5.49. The van der Waals surface area contributed by atoms with Gasteiger partial charge in [-0.1, -0.05) is 12.1 Å². The molecule has 2 rings (SSSR count). The quantitative estimate of drug-likeness (QED) is 0.817. The smallest absolute Gasteiger partial charge is 0.310 e. The Balaban J connectivity index is 2.17. The van der Waals surface area contributed by atoms with Gasteiger partial charge in [0.25, 0.3) is 0 Å². The third-order valence-corrected chi connectivity index (χ3v) is 3.56. The van der Waals surface area contributed by atoms with Crippen molar-refractivity contribution in [2.45, 2.75) is 5.92 Å². The first-order chi connectivity index (χ1) is 8.63. The van der Waals surface area contributed by atoms with Gasteiger partial charge in [-0.15, -0.1) is 0 Å². The van der Waals surface area contributed by atoms with Crippen molar-refractivity contribution in [3.05, 3.63) is 29.8 Å². The number of carbonyl (C=O) groups excluding carboxylic acids is 1. The number of anilines is 1. The lowest BCUT2D eigenvalue weighted by Gasteiger charge is -2.18. The van der Waals surface area contributed by atoms with Crippen LogP contribution in [0.4, 0.5) is 5.69 Å². The average Bonchev–Trinajstić information content (AvgIpc) is 2.87. The van der Waals surface area contributed by atoms with Crippen molar-refractivity contribution in [2.75, 3.05) is 39.2 Å². The Bertz CT molecular complexity index is 414. The molecule has 1 saturated heterocycles. The van der Waals surface area contributed by atoms with E-state index in [1.807, 2.05) is 14.1 Å². The Hall–Kier alpha value is -1.55. The van der Waals surface area contributed by atoms with Crippen LogP contribution >= 0.6 is 0 Å². The largest absolute Gasteiger partial charge is 0.469 e. The highest BCUT2D eigenvalue weighted by molar-refractivity contribution is 5.74. The van der Waals surface area contributed by atoms with Crippen molar-refractivity contribution in [3.8, 4) is 0 Å². The number of hydrogen-bond acceptors (Lipinski definition) is 4. The number of nitrogens with zero attached hydrogens (tertiary/aromatic N) is 1. The highest BCUT2D eigenvalue weighted by Crippen LogP contribution is 2.30. The molecule has 0 radical (unpaired) electrons. The van der Waals surface area contributed by atoms with E-state index in [-0.39, 0.29) is 17.8 Å². The van der Waals surface area contributed by atoms with Gasteiger partial charge in [0.2, 0.25) is 0 Å². The maximum absolute atomic E-state index is 11.7. The van der Waals surface area contributed by atoms with Gasteiger partial charge in [0.1, 0.15) is 0 Å². The summed E-state index contributed by atoms with van der Waals surface area (Å²) in [5.41, 5.74) is 2.36. The number of methoxy groups -OCH3 is 1. The fourth-order valence-corrected chi connectivity index (χ4v) is 2.45. The summed E-state index contributed by atoms with van der Waals surface area (Å²) < 4.78 is 4.86. The Morgan fingerprint density at radius 1 is 1.28 bits per heavy atom. The number of carbonyl (C=O) groups is 1. The molecule has 0 aliphatic carbocycles. The molecule has 2 atom stereocenters. The Morgan fingerprint density at radius 3 is 2.50 bits per heavy atom. The van der Waals surface area contributed by atoms with Crippen LogP contribution in [-0.2, 0) is 9.53 Å². The topological polar surface area (TPSA) is 41.6 Å². The standard InChI is InChI=1S/C14H20N2O2/c1-16(2)11-6-4-10(5-7-11)12-8-15-9-13(12)14(17)18-3/h4-7,12-13,15H,8-9H2,1-3H3/t12-,13-/m1/s1. The van der Waals surface area contributed by atoms with Gasteiger partial charge in [-0.25, -0.2) is 0 Å². The third-order valence-electron chi connectivity index (χ3n) is 3.56. The van der Waals surface area contributed by atoms with Gasteiger partial charge in [-0.3, -0.25) is 4.79 Å². The first-order valence-corrected chi connectivity index (χ1v) is 6.19. The van der Waals surface area contributed by atoms with E-state index >= 15 is 0 Å². The second kappa shape index (κ2) is 5.40. The predicted octanol–water partition coefficient (Wildman–Crippen LogP) is 1.23. The minimum atomic E-state index is -0.123. The molecule has 1 aliphatic rings. The van der Waals surface area contributed by atoms with Crippen LogP contribution in [0.15, 0.2) is 24.3 Å². The van der Waals surface area contributed by atoms with E-state index in [2.05, 4.69) is 34.5 Å². The molecule has 1 aromatic carbocycles. The minimum absolute atomic E-state index is 0.0693. The number of ether oxygens (including phenoxy) is 1. The van der Waals surface area contributed by atoms with Crippen molar-refractivity contribution >= 4 is 11.7 Å². The molecule has 1 aliphatic heterocycles. The molecule has 18 heavy (non-hydrogen) atoms. The lowest BCUT2D eigenvalue weighted by atomic mass is 9.89. The molecule has 4 nitrogen and oxygen atoms in total. The van der Waals surface area contributed by atoms with Gasteiger partial charge in [0, 0.05) is 38.8 Å². The molecule has 0 spiro atoms. The summed E-state index contributed by atoms with van der Waals surface area (Å²) in [5.74, 6) is 0.0237. The number of esters is 1. The Kier molecular flexibility index (Phi) is 3.87. The minimum Gasteiger partial charge on any atom is -0.469 e. The van der Waals surface area contributed by atoms with Crippen LogP contribution in [0, 0.1) is 5.92 Å².